The summed E-state index contributed by atoms with van der Waals surface area (Å²) in [7, 11) is 0. The van der Waals surface area contributed by atoms with Gasteiger partial charge >= 0.3 is 0 Å². The third-order valence-corrected chi connectivity index (χ3v) is 3.71. The van der Waals surface area contributed by atoms with Crippen LogP contribution in [0.25, 0.3) is 11.3 Å². The normalized spacial score (nSPS) is 10.6. The zero-order valence-corrected chi connectivity index (χ0v) is 12.5. The molecule has 0 spiro atoms. The van der Waals surface area contributed by atoms with E-state index in [9.17, 15) is 4.79 Å². The Morgan fingerprint density at radius 3 is 2.23 bits per heavy atom. The predicted molar refractivity (Wildman–Crippen MR) is 88.9 cm³/mol. The topological polar surface area (TPSA) is 45.8 Å². The van der Waals surface area contributed by atoms with Crippen molar-refractivity contribution in [2.75, 3.05) is 0 Å². The lowest BCUT2D eigenvalue weighted by molar-refractivity contribution is 0.880. The molecule has 3 rings (SSSR count). The number of rotatable bonds is 4. The zero-order chi connectivity index (χ0) is 15.4. The molecule has 1 N–H and O–H groups in total. The summed E-state index contributed by atoms with van der Waals surface area (Å²) in [5.41, 5.74) is 4.44. The molecule has 0 atom stereocenters. The van der Waals surface area contributed by atoms with Crippen LogP contribution in [0.15, 0.2) is 65.5 Å². The van der Waals surface area contributed by atoms with Crippen LogP contribution >= 0.6 is 0 Å². The fraction of sp³-hybridized carbons (Fsp3) is 0.158. The van der Waals surface area contributed by atoms with E-state index in [0.717, 1.165) is 29.8 Å². The molecule has 22 heavy (non-hydrogen) atoms. The minimum absolute atomic E-state index is 0.109. The number of H-pyrrole nitrogens is 1. The van der Waals surface area contributed by atoms with Crippen molar-refractivity contribution in [1.29, 1.82) is 0 Å². The maximum absolute atomic E-state index is 11.9. The summed E-state index contributed by atoms with van der Waals surface area (Å²) in [5.74, 6) is 0. The van der Waals surface area contributed by atoms with Gasteiger partial charge in [0, 0.05) is 11.3 Å². The summed E-state index contributed by atoms with van der Waals surface area (Å²) in [5, 5.41) is 0. The summed E-state index contributed by atoms with van der Waals surface area (Å²) in [6.07, 6.45) is 1.64. The van der Waals surface area contributed by atoms with Crippen molar-refractivity contribution < 1.29 is 0 Å². The van der Waals surface area contributed by atoms with Crippen LogP contribution in [0.4, 0.5) is 0 Å². The lowest BCUT2D eigenvalue weighted by atomic mass is 10.0. The van der Waals surface area contributed by atoms with Gasteiger partial charge in [-0.1, -0.05) is 60.7 Å². The van der Waals surface area contributed by atoms with E-state index in [4.69, 9.17) is 0 Å². The first-order valence-electron chi connectivity index (χ1n) is 7.43. The zero-order valence-electron chi connectivity index (χ0n) is 12.5. The number of aryl methyl sites for hydroxylation is 3. The van der Waals surface area contributed by atoms with Crippen LogP contribution in [0.3, 0.4) is 0 Å². The third kappa shape index (κ3) is 3.14. The smallest absolute Gasteiger partial charge is 0.269 e. The summed E-state index contributed by atoms with van der Waals surface area (Å²) in [6.45, 7) is 1.74. The Morgan fingerprint density at radius 2 is 1.55 bits per heavy atom. The minimum atomic E-state index is -0.109. The Morgan fingerprint density at radius 1 is 0.909 bits per heavy atom. The van der Waals surface area contributed by atoms with Crippen molar-refractivity contribution >= 4 is 0 Å². The number of aromatic amines is 1. The van der Waals surface area contributed by atoms with Crippen LogP contribution in [0, 0.1) is 6.92 Å². The number of nitrogens with one attached hydrogen (secondary N) is 1. The number of hydrogen-bond donors (Lipinski definition) is 1. The largest absolute Gasteiger partial charge is 0.323 e. The molecule has 2 aromatic carbocycles. The summed E-state index contributed by atoms with van der Waals surface area (Å²) >= 11 is 0. The first kappa shape index (κ1) is 14.3. The van der Waals surface area contributed by atoms with E-state index in [2.05, 4.69) is 22.1 Å². The van der Waals surface area contributed by atoms with Crippen LogP contribution in [-0.4, -0.2) is 9.97 Å². The van der Waals surface area contributed by atoms with E-state index in [-0.39, 0.29) is 5.56 Å². The van der Waals surface area contributed by atoms with Gasteiger partial charge in [-0.2, -0.15) is 0 Å². The highest BCUT2D eigenvalue weighted by Gasteiger charge is 2.10. The first-order valence-corrected chi connectivity index (χ1v) is 7.43. The highest BCUT2D eigenvalue weighted by Crippen LogP contribution is 2.20. The second kappa shape index (κ2) is 6.39. The van der Waals surface area contributed by atoms with Gasteiger partial charge in [-0.25, -0.2) is 4.98 Å². The molecular formula is C19H18N2O. The first-order chi connectivity index (χ1) is 10.7. The molecule has 0 saturated carbocycles. The molecule has 0 aliphatic carbocycles. The molecule has 1 aromatic heterocycles. The molecule has 0 saturated heterocycles. The van der Waals surface area contributed by atoms with Crippen LogP contribution in [0.1, 0.15) is 17.0 Å². The molecule has 110 valence electrons. The second-order valence-electron chi connectivity index (χ2n) is 5.33. The maximum Gasteiger partial charge on any atom is 0.269 e. The van der Waals surface area contributed by atoms with Gasteiger partial charge in [-0.3, -0.25) is 4.79 Å². The van der Waals surface area contributed by atoms with Crippen LogP contribution < -0.4 is 5.56 Å². The van der Waals surface area contributed by atoms with Crippen molar-refractivity contribution in [3.8, 4) is 11.3 Å². The second-order valence-corrected chi connectivity index (χ2v) is 5.33. The quantitative estimate of drug-likeness (QED) is 0.799. The minimum Gasteiger partial charge on any atom is -0.323 e. The van der Waals surface area contributed by atoms with Gasteiger partial charge in [-0.15, -0.1) is 0 Å². The number of hydrogen-bond acceptors (Lipinski definition) is 2. The fourth-order valence-corrected chi connectivity index (χ4v) is 2.50. The Bertz CT molecular complexity index is 808. The van der Waals surface area contributed by atoms with Crippen LogP contribution in [-0.2, 0) is 12.8 Å². The van der Waals surface area contributed by atoms with E-state index in [0.29, 0.717) is 5.69 Å². The van der Waals surface area contributed by atoms with E-state index in [1.807, 2.05) is 48.5 Å². The molecule has 0 amide bonds. The van der Waals surface area contributed by atoms with Crippen molar-refractivity contribution in [2.45, 2.75) is 19.8 Å². The van der Waals surface area contributed by atoms with Crippen LogP contribution in [0.2, 0.25) is 0 Å². The third-order valence-electron chi connectivity index (χ3n) is 3.71. The lowest BCUT2D eigenvalue weighted by Crippen LogP contribution is -2.16. The van der Waals surface area contributed by atoms with E-state index < -0.39 is 0 Å². The molecule has 1 heterocycles. The molecule has 0 aliphatic rings. The summed E-state index contributed by atoms with van der Waals surface area (Å²) in [6, 6.07) is 20.3. The average Bonchev–Trinajstić information content (AvgIpc) is 2.57. The van der Waals surface area contributed by atoms with Gasteiger partial charge in [0.15, 0.2) is 0 Å². The highest BCUT2D eigenvalue weighted by molar-refractivity contribution is 5.61. The Labute approximate surface area is 129 Å². The summed E-state index contributed by atoms with van der Waals surface area (Å²) < 4.78 is 0. The molecule has 0 fully saturated rings. The molecule has 3 heteroatoms. The Kier molecular flexibility index (Phi) is 4.15. The monoisotopic (exact) mass is 290 g/mol. The number of nitrogens with zero attached hydrogens (tertiary/aromatic N) is 1. The van der Waals surface area contributed by atoms with E-state index in [1.54, 1.807) is 6.92 Å². The number of aromatic nitrogens is 2. The molecule has 3 aromatic rings. The maximum atomic E-state index is 11.9. The van der Waals surface area contributed by atoms with Gasteiger partial charge in [0.05, 0.1) is 5.69 Å². The molecule has 0 radical (unpaired) electrons. The fourth-order valence-electron chi connectivity index (χ4n) is 2.50. The Balaban J connectivity index is 1.96. The number of benzene rings is 2. The van der Waals surface area contributed by atoms with Crippen molar-refractivity contribution in [3.05, 3.63) is 88.0 Å². The molecular weight excluding hydrogens is 272 g/mol. The lowest BCUT2D eigenvalue weighted by Gasteiger charge is -2.10. The van der Waals surface area contributed by atoms with E-state index in [1.165, 1.54) is 5.56 Å². The Hall–Kier alpha value is -2.68. The van der Waals surface area contributed by atoms with Gasteiger partial charge in [0.25, 0.3) is 5.56 Å². The SMILES string of the molecule is Cc1nc(-c2ccccc2)c(CCc2ccccc2)[nH]c1=O. The van der Waals surface area contributed by atoms with Crippen molar-refractivity contribution in [2.24, 2.45) is 0 Å². The highest BCUT2D eigenvalue weighted by atomic mass is 16.1. The van der Waals surface area contributed by atoms with Crippen molar-refractivity contribution in [1.82, 2.24) is 9.97 Å². The molecule has 0 bridgehead atoms. The van der Waals surface area contributed by atoms with Gasteiger partial charge in [-0.05, 0) is 25.3 Å². The van der Waals surface area contributed by atoms with Gasteiger partial charge < -0.3 is 4.98 Å². The molecule has 3 nitrogen and oxygen atoms in total. The van der Waals surface area contributed by atoms with Gasteiger partial charge in [0.2, 0.25) is 0 Å². The van der Waals surface area contributed by atoms with Crippen molar-refractivity contribution in [3.63, 3.8) is 0 Å². The average molecular weight is 290 g/mol. The standard InChI is InChI=1S/C19H18N2O/c1-14-19(22)21-17(13-12-15-8-4-2-5-9-15)18(20-14)16-10-6-3-7-11-16/h2-11H,12-13H2,1H3,(H,21,22). The van der Waals surface area contributed by atoms with Gasteiger partial charge in [0.1, 0.15) is 5.69 Å². The van der Waals surface area contributed by atoms with E-state index >= 15 is 0 Å². The predicted octanol–water partition coefficient (Wildman–Crippen LogP) is 3.53. The summed E-state index contributed by atoms with van der Waals surface area (Å²) in [4.78, 5) is 19.4. The molecule has 0 unspecified atom stereocenters. The molecule has 0 aliphatic heterocycles. The van der Waals surface area contributed by atoms with Crippen LogP contribution in [0.5, 0.6) is 0 Å².